The lowest BCUT2D eigenvalue weighted by Crippen LogP contribution is -2.55. The summed E-state index contributed by atoms with van der Waals surface area (Å²) in [5, 5.41) is 30.2. The average molecular weight is 531 g/mol. The quantitative estimate of drug-likeness (QED) is 0.351. The zero-order valence-electron chi connectivity index (χ0n) is 24.6. The van der Waals surface area contributed by atoms with Gasteiger partial charge >= 0.3 is 0 Å². The van der Waals surface area contributed by atoms with Crippen LogP contribution in [0, 0.1) is 46.3 Å². The minimum atomic E-state index is -1.22. The van der Waals surface area contributed by atoms with E-state index in [1.807, 2.05) is 0 Å². The second-order valence-electron chi connectivity index (χ2n) is 14.6. The van der Waals surface area contributed by atoms with E-state index in [0.717, 1.165) is 48.9 Å². The van der Waals surface area contributed by atoms with Crippen LogP contribution in [0.2, 0.25) is 0 Å². The van der Waals surface area contributed by atoms with Gasteiger partial charge in [0, 0.05) is 0 Å². The fourth-order valence-electron chi connectivity index (χ4n) is 9.71. The Morgan fingerprint density at radius 2 is 1.82 bits per heavy atom. The molecule has 5 heteroatoms. The molecule has 3 saturated carbocycles. The normalized spacial score (nSPS) is 47.6. The summed E-state index contributed by atoms with van der Waals surface area (Å²) in [5.74, 6) is 4.59. The molecule has 0 spiro atoms. The molecule has 1 saturated heterocycles. The highest BCUT2D eigenvalue weighted by Gasteiger charge is 2.59. The highest BCUT2D eigenvalue weighted by molar-refractivity contribution is 5.25. The van der Waals surface area contributed by atoms with Gasteiger partial charge in [-0.1, -0.05) is 58.4 Å². The van der Waals surface area contributed by atoms with Crippen LogP contribution in [0.5, 0.6) is 0 Å². The third-order valence-corrected chi connectivity index (χ3v) is 12.3. The van der Waals surface area contributed by atoms with Gasteiger partial charge in [0.05, 0.1) is 12.7 Å². The lowest BCUT2D eigenvalue weighted by molar-refractivity contribution is -0.284. The first-order valence-electron chi connectivity index (χ1n) is 15.6. The summed E-state index contributed by atoms with van der Waals surface area (Å²) in [6.45, 7) is 16.6. The molecule has 1 aliphatic heterocycles. The summed E-state index contributed by atoms with van der Waals surface area (Å²) >= 11 is 0. The van der Waals surface area contributed by atoms with Crippen molar-refractivity contribution in [2.24, 2.45) is 46.3 Å². The third-order valence-electron chi connectivity index (χ3n) is 12.3. The van der Waals surface area contributed by atoms with E-state index in [0.29, 0.717) is 11.3 Å². The molecule has 4 aliphatic carbocycles. The number of aliphatic hydroxyl groups excluding tert-OH is 3. The van der Waals surface area contributed by atoms with Crippen molar-refractivity contribution in [3.05, 3.63) is 23.8 Å². The predicted octanol–water partition coefficient (Wildman–Crippen LogP) is 6.02. The lowest BCUT2D eigenvalue weighted by Gasteiger charge is -2.58. The molecule has 0 bridgehead atoms. The first-order chi connectivity index (χ1) is 18.0. The molecule has 5 nitrogen and oxygen atoms in total. The summed E-state index contributed by atoms with van der Waals surface area (Å²) in [5.41, 5.74) is 3.67. The van der Waals surface area contributed by atoms with Gasteiger partial charge in [-0.2, -0.15) is 0 Å². The van der Waals surface area contributed by atoms with E-state index in [2.05, 4.69) is 47.3 Å². The topological polar surface area (TPSA) is 79.2 Å². The molecule has 12 atom stereocenters. The molecule has 12 unspecified atom stereocenters. The van der Waals surface area contributed by atoms with Gasteiger partial charge in [0.25, 0.3) is 0 Å². The van der Waals surface area contributed by atoms with Gasteiger partial charge in [0.1, 0.15) is 18.3 Å². The van der Waals surface area contributed by atoms with E-state index in [9.17, 15) is 15.3 Å². The minimum absolute atomic E-state index is 0.00791. The van der Waals surface area contributed by atoms with Gasteiger partial charge in [0.15, 0.2) is 6.29 Å². The summed E-state index contributed by atoms with van der Waals surface area (Å²) < 4.78 is 11.7. The Bertz CT molecular complexity index is 898. The van der Waals surface area contributed by atoms with Crippen LogP contribution in [0.3, 0.4) is 0 Å². The number of aliphatic hydroxyl groups is 3. The zero-order valence-corrected chi connectivity index (χ0v) is 24.6. The second-order valence-corrected chi connectivity index (χ2v) is 14.6. The Hall–Kier alpha value is -0.720. The van der Waals surface area contributed by atoms with Crippen LogP contribution in [0.1, 0.15) is 98.8 Å². The zero-order chi connectivity index (χ0) is 27.4. The molecule has 1 heterocycles. The van der Waals surface area contributed by atoms with E-state index in [-0.39, 0.29) is 18.1 Å². The summed E-state index contributed by atoms with van der Waals surface area (Å²) in [4.78, 5) is 0. The Kier molecular flexibility index (Phi) is 8.28. The van der Waals surface area contributed by atoms with E-state index in [4.69, 9.17) is 9.47 Å². The highest BCUT2D eigenvalue weighted by Crippen LogP contribution is 2.67. The lowest BCUT2D eigenvalue weighted by atomic mass is 9.47. The molecule has 0 aromatic rings. The van der Waals surface area contributed by atoms with Gasteiger partial charge in [-0.15, -0.1) is 0 Å². The smallest absolute Gasteiger partial charge is 0.186 e. The second kappa shape index (κ2) is 10.9. The molecule has 38 heavy (non-hydrogen) atoms. The molecular weight excluding hydrogens is 476 g/mol. The summed E-state index contributed by atoms with van der Waals surface area (Å²) in [6, 6.07) is 0. The Morgan fingerprint density at radius 3 is 2.55 bits per heavy atom. The van der Waals surface area contributed by atoms with Gasteiger partial charge in [-0.3, -0.25) is 0 Å². The highest BCUT2D eigenvalue weighted by atomic mass is 16.7. The largest absolute Gasteiger partial charge is 0.388 e. The number of allylic oxidation sites excluding steroid dienone is 2. The molecule has 0 aromatic heterocycles. The molecule has 3 N–H and O–H groups in total. The fraction of sp³-hybridized carbons (Fsp3) is 0.879. The summed E-state index contributed by atoms with van der Waals surface area (Å²) in [7, 11) is 0. The average Bonchev–Trinajstić information content (AvgIpc) is 3.24. The van der Waals surface area contributed by atoms with Crippen molar-refractivity contribution >= 4 is 0 Å². The number of hydrogen-bond donors (Lipinski definition) is 3. The van der Waals surface area contributed by atoms with Crippen molar-refractivity contribution in [2.75, 3.05) is 6.61 Å². The van der Waals surface area contributed by atoms with Crippen LogP contribution < -0.4 is 0 Å². The molecule has 216 valence electrons. The fourth-order valence-corrected chi connectivity index (χ4v) is 9.71. The van der Waals surface area contributed by atoms with Crippen molar-refractivity contribution in [2.45, 2.75) is 130 Å². The van der Waals surface area contributed by atoms with Crippen LogP contribution in [0.15, 0.2) is 23.8 Å². The third kappa shape index (κ3) is 4.98. The Morgan fingerprint density at radius 1 is 1.05 bits per heavy atom. The van der Waals surface area contributed by atoms with Gasteiger partial charge in [-0.25, -0.2) is 0 Å². The Labute approximate surface area is 231 Å². The predicted molar refractivity (Wildman–Crippen MR) is 150 cm³/mol. The maximum Gasteiger partial charge on any atom is 0.186 e. The van der Waals surface area contributed by atoms with Gasteiger partial charge in [0.2, 0.25) is 0 Å². The van der Waals surface area contributed by atoms with Gasteiger partial charge in [-0.05, 0) is 111 Å². The van der Waals surface area contributed by atoms with E-state index in [1.165, 1.54) is 50.5 Å². The maximum atomic E-state index is 10.4. The van der Waals surface area contributed by atoms with Crippen LogP contribution >= 0.6 is 0 Å². The molecule has 0 radical (unpaired) electrons. The number of ether oxygens (including phenoxy) is 2. The number of fused-ring (bicyclic) bond motifs is 5. The molecule has 0 amide bonds. The van der Waals surface area contributed by atoms with Crippen LogP contribution in [0.25, 0.3) is 0 Å². The van der Waals surface area contributed by atoms with Crippen molar-refractivity contribution in [3.8, 4) is 0 Å². The standard InChI is InChI=1S/C33H54O5/c1-19(2)20(3)7-8-21(4)25-11-12-26-24-10-9-22-17-23(38-31-30(36)29(35)28(34)18-37-31)13-15-32(22,5)27(24)14-16-33(25,26)6/h9,19,21,23-31,34-36H,3,7-8,10-18H2,1-2,4-6H3. The van der Waals surface area contributed by atoms with Crippen molar-refractivity contribution < 1.29 is 24.8 Å². The Balaban J connectivity index is 1.24. The molecular formula is C33H54O5. The molecule has 5 aliphatic rings. The van der Waals surface area contributed by atoms with Crippen molar-refractivity contribution in [3.63, 3.8) is 0 Å². The van der Waals surface area contributed by atoms with Crippen LogP contribution in [0.4, 0.5) is 0 Å². The SMILES string of the molecule is C=C(CCC(C)C1CCC2C3CC=C4CC(OC5OCC(O)C(O)C5O)CCC4(C)C3CCC12C)C(C)C. The van der Waals surface area contributed by atoms with Crippen LogP contribution in [-0.2, 0) is 9.47 Å². The molecule has 4 fully saturated rings. The van der Waals surface area contributed by atoms with Gasteiger partial charge < -0.3 is 24.8 Å². The van der Waals surface area contributed by atoms with E-state index < -0.39 is 24.6 Å². The number of rotatable bonds is 7. The molecule has 0 aromatic carbocycles. The molecule has 5 rings (SSSR count). The van der Waals surface area contributed by atoms with Crippen LogP contribution in [-0.4, -0.2) is 52.6 Å². The monoisotopic (exact) mass is 530 g/mol. The maximum absolute atomic E-state index is 10.4. The first-order valence-corrected chi connectivity index (χ1v) is 15.6. The van der Waals surface area contributed by atoms with E-state index in [1.54, 1.807) is 5.57 Å². The van der Waals surface area contributed by atoms with Crippen molar-refractivity contribution in [1.29, 1.82) is 0 Å². The minimum Gasteiger partial charge on any atom is -0.388 e. The van der Waals surface area contributed by atoms with Crippen molar-refractivity contribution in [1.82, 2.24) is 0 Å². The first kappa shape index (κ1) is 28.8. The number of hydrogen-bond acceptors (Lipinski definition) is 5. The van der Waals surface area contributed by atoms with E-state index >= 15 is 0 Å². The summed E-state index contributed by atoms with van der Waals surface area (Å²) in [6.07, 6.45) is 10.3.